The van der Waals surface area contributed by atoms with Crippen molar-refractivity contribution in [2.45, 2.75) is 25.9 Å². The molecule has 0 aliphatic carbocycles. The standard InChI is InChI=1S/C25H24N4O2/c30-24-22-21(13-14-26-23(22)27-25(28-24)29-15-5-2-6-16-29)19-9-11-20(12-10-19)31-17-18-7-3-1-4-8-18/h1,3-4,7-14H,2,5-6,15-17H2,(H,26,27,28,30). The summed E-state index contributed by atoms with van der Waals surface area (Å²) in [6.45, 7) is 2.35. The van der Waals surface area contributed by atoms with Gasteiger partial charge in [-0.1, -0.05) is 42.5 Å². The van der Waals surface area contributed by atoms with E-state index in [0.717, 1.165) is 48.4 Å². The minimum Gasteiger partial charge on any atom is -0.489 e. The minimum atomic E-state index is -0.155. The third-order valence-corrected chi connectivity index (χ3v) is 5.66. The van der Waals surface area contributed by atoms with Gasteiger partial charge in [0.2, 0.25) is 5.95 Å². The molecule has 4 aromatic rings. The molecule has 6 nitrogen and oxygen atoms in total. The molecule has 0 unspecified atom stereocenters. The molecule has 0 saturated carbocycles. The number of hydrogen-bond donors (Lipinski definition) is 1. The fourth-order valence-corrected chi connectivity index (χ4v) is 4.02. The normalized spacial score (nSPS) is 14.0. The second-order valence-electron chi connectivity index (χ2n) is 7.79. The summed E-state index contributed by atoms with van der Waals surface area (Å²) in [7, 11) is 0. The Balaban J connectivity index is 1.42. The minimum absolute atomic E-state index is 0.155. The summed E-state index contributed by atoms with van der Waals surface area (Å²) in [5.74, 6) is 1.40. The van der Waals surface area contributed by atoms with Gasteiger partial charge >= 0.3 is 0 Å². The van der Waals surface area contributed by atoms with Gasteiger partial charge in [0.05, 0.1) is 5.39 Å². The van der Waals surface area contributed by atoms with Gasteiger partial charge < -0.3 is 9.64 Å². The predicted molar refractivity (Wildman–Crippen MR) is 122 cm³/mol. The van der Waals surface area contributed by atoms with E-state index in [1.807, 2.05) is 60.7 Å². The first-order valence-corrected chi connectivity index (χ1v) is 10.7. The molecule has 1 N–H and O–H groups in total. The quantitative estimate of drug-likeness (QED) is 0.521. The summed E-state index contributed by atoms with van der Waals surface area (Å²) in [5, 5.41) is 0.515. The van der Waals surface area contributed by atoms with Crippen LogP contribution in [0.25, 0.3) is 22.2 Å². The molecule has 0 atom stereocenters. The largest absolute Gasteiger partial charge is 0.489 e. The van der Waals surface area contributed by atoms with Crippen molar-refractivity contribution in [1.29, 1.82) is 0 Å². The third-order valence-electron chi connectivity index (χ3n) is 5.66. The smallest absolute Gasteiger partial charge is 0.262 e. The molecular weight excluding hydrogens is 388 g/mol. The Morgan fingerprint density at radius 1 is 0.935 bits per heavy atom. The van der Waals surface area contributed by atoms with Gasteiger partial charge in [-0.25, -0.2) is 4.98 Å². The second-order valence-corrected chi connectivity index (χ2v) is 7.79. The number of piperidine rings is 1. The summed E-state index contributed by atoms with van der Waals surface area (Å²) in [6.07, 6.45) is 5.17. The highest BCUT2D eigenvalue weighted by Crippen LogP contribution is 2.27. The van der Waals surface area contributed by atoms with Crippen LogP contribution in [0.5, 0.6) is 5.75 Å². The molecule has 0 spiro atoms. The Morgan fingerprint density at radius 3 is 2.48 bits per heavy atom. The number of ether oxygens (including phenoxy) is 1. The molecule has 0 radical (unpaired) electrons. The molecule has 0 amide bonds. The maximum absolute atomic E-state index is 13.0. The number of aromatic nitrogens is 3. The van der Waals surface area contributed by atoms with Crippen LogP contribution in [0.4, 0.5) is 5.95 Å². The highest BCUT2D eigenvalue weighted by atomic mass is 16.5. The molecule has 31 heavy (non-hydrogen) atoms. The van der Waals surface area contributed by atoms with E-state index in [1.165, 1.54) is 6.42 Å². The average molecular weight is 412 g/mol. The summed E-state index contributed by atoms with van der Waals surface area (Å²) in [6, 6.07) is 19.7. The maximum Gasteiger partial charge on any atom is 0.262 e. The van der Waals surface area contributed by atoms with E-state index in [-0.39, 0.29) is 5.56 Å². The lowest BCUT2D eigenvalue weighted by molar-refractivity contribution is 0.306. The van der Waals surface area contributed by atoms with E-state index in [9.17, 15) is 4.79 Å². The molecule has 1 saturated heterocycles. The molecule has 1 fully saturated rings. The first kappa shape index (κ1) is 19.3. The van der Waals surface area contributed by atoms with Gasteiger partial charge in [0, 0.05) is 19.3 Å². The molecule has 2 aromatic carbocycles. The monoisotopic (exact) mass is 412 g/mol. The van der Waals surface area contributed by atoms with Gasteiger partial charge in [0.15, 0.2) is 5.65 Å². The van der Waals surface area contributed by atoms with Gasteiger partial charge in [-0.05, 0) is 54.2 Å². The number of pyridine rings is 1. The molecule has 0 bridgehead atoms. The van der Waals surface area contributed by atoms with Crippen LogP contribution in [0.2, 0.25) is 0 Å². The summed E-state index contributed by atoms with van der Waals surface area (Å²) in [5.41, 5.74) is 3.19. The molecule has 6 heteroatoms. The highest BCUT2D eigenvalue weighted by molar-refractivity contribution is 5.92. The van der Waals surface area contributed by atoms with Gasteiger partial charge in [-0.2, -0.15) is 4.98 Å². The molecule has 5 rings (SSSR count). The van der Waals surface area contributed by atoms with E-state index < -0.39 is 0 Å². The van der Waals surface area contributed by atoms with E-state index in [1.54, 1.807) is 6.20 Å². The predicted octanol–water partition coefficient (Wildman–Crippen LogP) is 4.55. The van der Waals surface area contributed by atoms with Crippen LogP contribution < -0.4 is 15.2 Å². The third kappa shape index (κ3) is 4.14. The summed E-state index contributed by atoms with van der Waals surface area (Å²) < 4.78 is 5.88. The molecule has 2 aromatic heterocycles. The van der Waals surface area contributed by atoms with Crippen molar-refractivity contribution in [2.75, 3.05) is 18.0 Å². The molecule has 156 valence electrons. The zero-order valence-corrected chi connectivity index (χ0v) is 17.3. The zero-order valence-electron chi connectivity index (χ0n) is 17.3. The number of aromatic amines is 1. The first-order chi connectivity index (χ1) is 15.3. The molecule has 1 aliphatic rings. The Morgan fingerprint density at radius 2 is 1.71 bits per heavy atom. The van der Waals surface area contributed by atoms with Crippen LogP contribution in [0.15, 0.2) is 71.7 Å². The zero-order chi connectivity index (χ0) is 21.0. The fraction of sp³-hybridized carbons (Fsp3) is 0.240. The Hall–Kier alpha value is -3.67. The van der Waals surface area contributed by atoms with Crippen LogP contribution in [-0.4, -0.2) is 28.0 Å². The van der Waals surface area contributed by atoms with Gasteiger partial charge in [-0.3, -0.25) is 9.78 Å². The van der Waals surface area contributed by atoms with Crippen LogP contribution in [0, 0.1) is 0 Å². The van der Waals surface area contributed by atoms with Crippen molar-refractivity contribution in [3.05, 3.63) is 82.8 Å². The van der Waals surface area contributed by atoms with Crippen LogP contribution in [0.1, 0.15) is 24.8 Å². The molecule has 3 heterocycles. The van der Waals surface area contributed by atoms with Crippen molar-refractivity contribution in [2.24, 2.45) is 0 Å². The number of hydrogen-bond acceptors (Lipinski definition) is 5. The lowest BCUT2D eigenvalue weighted by atomic mass is 10.0. The van der Waals surface area contributed by atoms with E-state index in [0.29, 0.717) is 23.6 Å². The lowest BCUT2D eigenvalue weighted by Gasteiger charge is -2.27. The van der Waals surface area contributed by atoms with Gasteiger partial charge in [0.25, 0.3) is 5.56 Å². The number of H-pyrrole nitrogens is 1. The number of benzene rings is 2. The van der Waals surface area contributed by atoms with Crippen molar-refractivity contribution in [1.82, 2.24) is 15.0 Å². The maximum atomic E-state index is 13.0. The van der Waals surface area contributed by atoms with Crippen molar-refractivity contribution >= 4 is 17.0 Å². The number of nitrogens with zero attached hydrogens (tertiary/aromatic N) is 3. The average Bonchev–Trinajstić information content (AvgIpc) is 2.84. The Labute approximate surface area is 180 Å². The van der Waals surface area contributed by atoms with Crippen molar-refractivity contribution in [3.63, 3.8) is 0 Å². The van der Waals surface area contributed by atoms with Gasteiger partial charge in [0.1, 0.15) is 12.4 Å². The van der Waals surface area contributed by atoms with E-state index in [2.05, 4.69) is 19.9 Å². The SMILES string of the molecule is O=c1[nH]c(N2CCCCC2)nc2nccc(-c3ccc(OCc4ccccc4)cc3)c12. The van der Waals surface area contributed by atoms with E-state index in [4.69, 9.17) is 4.74 Å². The van der Waals surface area contributed by atoms with Crippen LogP contribution >= 0.6 is 0 Å². The van der Waals surface area contributed by atoms with Crippen LogP contribution in [0.3, 0.4) is 0 Å². The van der Waals surface area contributed by atoms with Crippen molar-refractivity contribution in [3.8, 4) is 16.9 Å². The number of rotatable bonds is 5. The van der Waals surface area contributed by atoms with Gasteiger partial charge in [-0.15, -0.1) is 0 Å². The Kier molecular flexibility index (Phi) is 5.35. The van der Waals surface area contributed by atoms with Crippen molar-refractivity contribution < 1.29 is 4.74 Å². The lowest BCUT2D eigenvalue weighted by Crippen LogP contribution is -2.32. The molecular formula is C25H24N4O2. The second kappa shape index (κ2) is 8.60. The number of nitrogens with one attached hydrogen (secondary N) is 1. The number of anilines is 1. The Bertz CT molecular complexity index is 1230. The summed E-state index contributed by atoms with van der Waals surface area (Å²) >= 11 is 0. The summed E-state index contributed by atoms with van der Waals surface area (Å²) in [4.78, 5) is 27.1. The first-order valence-electron chi connectivity index (χ1n) is 10.7. The topological polar surface area (TPSA) is 71.1 Å². The highest BCUT2D eigenvalue weighted by Gasteiger charge is 2.17. The molecule has 1 aliphatic heterocycles. The number of fused-ring (bicyclic) bond motifs is 1. The van der Waals surface area contributed by atoms with Crippen LogP contribution in [-0.2, 0) is 6.61 Å². The van der Waals surface area contributed by atoms with E-state index >= 15 is 0 Å². The fourth-order valence-electron chi connectivity index (χ4n) is 4.02.